The maximum atomic E-state index is 12.0. The van der Waals surface area contributed by atoms with Gasteiger partial charge in [0.2, 0.25) is 0 Å². The van der Waals surface area contributed by atoms with E-state index in [1.807, 2.05) is 0 Å². The van der Waals surface area contributed by atoms with E-state index in [-0.39, 0.29) is 6.42 Å². The molecule has 0 bridgehead atoms. The van der Waals surface area contributed by atoms with E-state index in [0.717, 1.165) is 12.2 Å². The van der Waals surface area contributed by atoms with Crippen molar-refractivity contribution in [3.05, 3.63) is 25.1 Å². The Morgan fingerprint density at radius 1 is 1.62 bits per heavy atom. The van der Waals surface area contributed by atoms with Crippen LogP contribution in [-0.4, -0.2) is 6.17 Å². The fourth-order valence-corrected chi connectivity index (χ4v) is 0.278. The first kappa shape index (κ1) is 7.34. The largest absolute Gasteiger partial charge is 0.243 e. The molecule has 0 radical (unpaired) electrons. The standard InChI is InChI=1S/C6H8F2/c1-2-6(8)4-3-5-7/h2-3,5-6H,1,4H2/b5-3+/t6-/m1/s1. The van der Waals surface area contributed by atoms with E-state index < -0.39 is 6.17 Å². The third kappa shape index (κ3) is 3.53. The van der Waals surface area contributed by atoms with E-state index in [9.17, 15) is 8.78 Å². The van der Waals surface area contributed by atoms with Crippen LogP contribution >= 0.6 is 0 Å². The highest BCUT2D eigenvalue weighted by atomic mass is 19.1. The molecule has 0 aliphatic rings. The van der Waals surface area contributed by atoms with E-state index >= 15 is 0 Å². The Morgan fingerprint density at radius 2 is 2.25 bits per heavy atom. The van der Waals surface area contributed by atoms with Crippen LogP contribution in [0.3, 0.4) is 0 Å². The van der Waals surface area contributed by atoms with Crippen LogP contribution in [0.2, 0.25) is 0 Å². The Balaban J connectivity index is 3.23. The van der Waals surface area contributed by atoms with Crippen LogP contribution < -0.4 is 0 Å². The summed E-state index contributed by atoms with van der Waals surface area (Å²) in [4.78, 5) is 0. The lowest BCUT2D eigenvalue weighted by Crippen LogP contribution is -1.88. The van der Waals surface area contributed by atoms with Gasteiger partial charge in [-0.05, 0) is 0 Å². The van der Waals surface area contributed by atoms with Crippen LogP contribution in [0.1, 0.15) is 6.42 Å². The summed E-state index contributed by atoms with van der Waals surface area (Å²) in [6.07, 6.45) is 1.56. The lowest BCUT2D eigenvalue weighted by atomic mass is 10.3. The Labute approximate surface area is 47.5 Å². The van der Waals surface area contributed by atoms with Crippen molar-refractivity contribution >= 4 is 0 Å². The molecule has 0 nitrogen and oxygen atoms in total. The summed E-state index contributed by atoms with van der Waals surface area (Å²) < 4.78 is 23.1. The van der Waals surface area contributed by atoms with Crippen LogP contribution in [0.25, 0.3) is 0 Å². The van der Waals surface area contributed by atoms with Crippen molar-refractivity contribution in [1.29, 1.82) is 0 Å². The van der Waals surface area contributed by atoms with Gasteiger partial charge in [0.15, 0.2) is 0 Å². The average molecular weight is 118 g/mol. The summed E-state index contributed by atoms with van der Waals surface area (Å²) in [6.45, 7) is 3.18. The van der Waals surface area contributed by atoms with E-state index in [1.165, 1.54) is 0 Å². The SMILES string of the molecule is C=C[C@@H](F)C/C=C/F. The number of hydrogen-bond donors (Lipinski definition) is 0. The minimum absolute atomic E-state index is 0.0833. The Hall–Kier alpha value is -0.660. The third-order valence-corrected chi connectivity index (χ3v) is 0.706. The summed E-state index contributed by atoms with van der Waals surface area (Å²) in [5.74, 6) is 0. The zero-order chi connectivity index (χ0) is 6.41. The molecular weight excluding hydrogens is 110 g/mol. The molecular formula is C6H8F2. The molecule has 0 N–H and O–H groups in total. The second kappa shape index (κ2) is 4.50. The van der Waals surface area contributed by atoms with Crippen molar-refractivity contribution in [3.8, 4) is 0 Å². The van der Waals surface area contributed by atoms with Gasteiger partial charge < -0.3 is 0 Å². The number of alkyl halides is 1. The first-order chi connectivity index (χ1) is 3.81. The van der Waals surface area contributed by atoms with Gasteiger partial charge in [-0.25, -0.2) is 8.78 Å². The van der Waals surface area contributed by atoms with Crippen LogP contribution in [0.5, 0.6) is 0 Å². The van der Waals surface area contributed by atoms with Gasteiger partial charge in [-0.3, -0.25) is 0 Å². The average Bonchev–Trinajstić information content (AvgIpc) is 1.83. The van der Waals surface area contributed by atoms with E-state index in [4.69, 9.17) is 0 Å². The molecule has 8 heavy (non-hydrogen) atoms. The molecule has 0 saturated carbocycles. The monoisotopic (exact) mass is 118 g/mol. The first-order valence-electron chi connectivity index (χ1n) is 2.33. The predicted octanol–water partition coefficient (Wildman–Crippen LogP) is 2.38. The summed E-state index contributed by atoms with van der Waals surface area (Å²) in [5.41, 5.74) is 0. The van der Waals surface area contributed by atoms with Crippen molar-refractivity contribution in [3.63, 3.8) is 0 Å². The summed E-state index contributed by atoms with van der Waals surface area (Å²) >= 11 is 0. The Morgan fingerprint density at radius 3 is 2.62 bits per heavy atom. The molecule has 0 aromatic heterocycles. The molecule has 0 aromatic carbocycles. The minimum atomic E-state index is -1.11. The van der Waals surface area contributed by atoms with Crippen molar-refractivity contribution in [2.75, 3.05) is 0 Å². The third-order valence-electron chi connectivity index (χ3n) is 0.706. The maximum Gasteiger partial charge on any atom is 0.121 e. The van der Waals surface area contributed by atoms with Gasteiger partial charge in [-0.2, -0.15) is 0 Å². The molecule has 1 atom stereocenters. The van der Waals surface area contributed by atoms with Crippen LogP contribution in [0.4, 0.5) is 8.78 Å². The number of rotatable bonds is 3. The van der Waals surface area contributed by atoms with Crippen LogP contribution in [0, 0.1) is 0 Å². The number of halogens is 2. The van der Waals surface area contributed by atoms with Gasteiger partial charge in [0.1, 0.15) is 6.17 Å². The molecule has 0 aromatic rings. The van der Waals surface area contributed by atoms with E-state index in [1.54, 1.807) is 0 Å². The topological polar surface area (TPSA) is 0 Å². The van der Waals surface area contributed by atoms with Gasteiger partial charge in [0.05, 0.1) is 6.33 Å². The van der Waals surface area contributed by atoms with Crippen molar-refractivity contribution in [1.82, 2.24) is 0 Å². The van der Waals surface area contributed by atoms with Gasteiger partial charge in [-0.15, -0.1) is 6.58 Å². The van der Waals surface area contributed by atoms with Gasteiger partial charge >= 0.3 is 0 Å². The molecule has 0 fully saturated rings. The summed E-state index contributed by atoms with van der Waals surface area (Å²) in [6, 6.07) is 0. The van der Waals surface area contributed by atoms with Gasteiger partial charge in [-0.1, -0.05) is 12.2 Å². The fourth-order valence-electron chi connectivity index (χ4n) is 0.278. The molecule has 46 valence electrons. The molecule has 2 heteroatoms. The highest BCUT2D eigenvalue weighted by molar-refractivity contribution is 4.86. The normalized spacial score (nSPS) is 14.2. The zero-order valence-corrected chi connectivity index (χ0v) is 4.48. The highest BCUT2D eigenvalue weighted by Gasteiger charge is 1.93. The number of hydrogen-bond acceptors (Lipinski definition) is 0. The Bertz CT molecular complexity index is 86.5. The predicted molar refractivity (Wildman–Crippen MR) is 30.0 cm³/mol. The fraction of sp³-hybridized carbons (Fsp3) is 0.333. The van der Waals surface area contributed by atoms with Crippen LogP contribution in [-0.2, 0) is 0 Å². The molecule has 0 saturated heterocycles. The lowest BCUT2D eigenvalue weighted by Gasteiger charge is -1.91. The second-order valence-corrected chi connectivity index (χ2v) is 1.35. The van der Waals surface area contributed by atoms with Crippen molar-refractivity contribution in [2.24, 2.45) is 0 Å². The van der Waals surface area contributed by atoms with Gasteiger partial charge in [0.25, 0.3) is 0 Å². The summed E-state index contributed by atoms with van der Waals surface area (Å²) in [5, 5.41) is 0. The molecule has 0 heterocycles. The summed E-state index contributed by atoms with van der Waals surface area (Å²) in [7, 11) is 0. The van der Waals surface area contributed by atoms with Gasteiger partial charge in [0, 0.05) is 6.42 Å². The second-order valence-electron chi connectivity index (χ2n) is 1.35. The smallest absolute Gasteiger partial charge is 0.121 e. The van der Waals surface area contributed by atoms with Crippen molar-refractivity contribution < 1.29 is 8.78 Å². The number of allylic oxidation sites excluding steroid dienone is 2. The Kier molecular flexibility index (Phi) is 4.13. The maximum absolute atomic E-state index is 12.0. The first-order valence-corrected chi connectivity index (χ1v) is 2.33. The van der Waals surface area contributed by atoms with Crippen LogP contribution in [0.15, 0.2) is 25.1 Å². The molecule has 0 unspecified atom stereocenters. The molecule has 0 spiro atoms. The molecule has 0 amide bonds. The van der Waals surface area contributed by atoms with E-state index in [0.29, 0.717) is 6.33 Å². The quantitative estimate of drug-likeness (QED) is 0.499. The van der Waals surface area contributed by atoms with E-state index in [2.05, 4.69) is 6.58 Å². The minimum Gasteiger partial charge on any atom is -0.243 e. The van der Waals surface area contributed by atoms with Crippen molar-refractivity contribution in [2.45, 2.75) is 12.6 Å². The molecule has 0 rings (SSSR count). The zero-order valence-electron chi connectivity index (χ0n) is 4.48. The molecule has 0 aliphatic carbocycles. The lowest BCUT2D eigenvalue weighted by molar-refractivity contribution is 0.403. The molecule has 0 aliphatic heterocycles. The highest BCUT2D eigenvalue weighted by Crippen LogP contribution is 1.98.